The molecule has 132 heavy (non-hydrogen) atoms. The lowest BCUT2D eigenvalue weighted by Gasteiger charge is -2.21. The number of nitrogen functional groups attached to an aromatic ring is 4. The molecule has 0 unspecified atom stereocenters. The zero-order valence-corrected chi connectivity index (χ0v) is 65.1. The predicted octanol–water partition coefficient (Wildman–Crippen LogP) is 15.0. The number of benzene rings is 14. The highest BCUT2D eigenvalue weighted by Crippen LogP contribution is 2.44. The van der Waals surface area contributed by atoms with Crippen molar-refractivity contribution in [1.29, 1.82) is 0 Å². The Bertz CT molecular complexity index is 8700. The predicted molar refractivity (Wildman–Crippen MR) is 450 cm³/mol. The molecule has 644 valence electrons. The smallest absolute Gasteiger partial charge is 0.346 e. The zero-order chi connectivity index (χ0) is 92.7. The minimum atomic E-state index is -2.15. The van der Waals surface area contributed by atoms with E-state index >= 15 is 0 Å². The third kappa shape index (κ3) is 11.1. The zero-order valence-electron chi connectivity index (χ0n) is 65.1. The standard InChI is InChI=1S/C26H4F8N4O2.C26H12N4O2.2C14H4O6.C6H4F4N2.C6H8N2/c27-11-13(29)17(33)21-19(15(11)31)35-23-5-1-3-7-10-6(2-4-8(9(5)10)26(40)37(21)23)24-36-20-16(32)12(28)14(30)18(34)22(20)38(24)25(7)39;31-25-15-12-10-14-22-16(26(32)30-20-8-4-2-6-18(20)28-24(14)30)11-9-13(21(15)22)23-27-17-5-1-3-7-19(17)29(23)25;2*15-11-5-1-2-6-10-8(14(18)20-12(6)16)4-3-7(9(5)10)13(17)19-11;7-1-2(8)4(10)6(12)5(11)3(1)9;7-5-3-1-2-4-6(5)8/h1-4H;1-12H;2*1-4H;11-12H2;1-4H,7-8H2. The van der Waals surface area contributed by atoms with Crippen LogP contribution in [0.1, 0.15) is 82.9 Å². The number of esters is 8. The number of fused-ring (bicyclic) bond motifs is 16. The van der Waals surface area contributed by atoms with Crippen LogP contribution in [0.4, 0.5) is 75.4 Å². The van der Waals surface area contributed by atoms with E-state index in [1.807, 2.05) is 84.9 Å². The number of nitrogens with two attached hydrogens (primary N) is 4. The molecule has 8 N–H and O–H groups in total. The minimum Gasteiger partial charge on any atom is -0.397 e. The van der Waals surface area contributed by atoms with Gasteiger partial charge in [0.2, 0.25) is 0 Å². The second kappa shape index (κ2) is 28.6. The van der Waals surface area contributed by atoms with Crippen LogP contribution in [0.15, 0.2) is 189 Å². The topological polar surface area (TPSA) is 415 Å². The molecule has 0 saturated carbocycles. The normalized spacial score (nSPS) is 13.3. The molecule has 0 aliphatic carbocycles. The SMILES string of the molecule is Nc1c(N)c(F)c(F)c(F)c1F.Nc1ccccc1N.O=C1OC(=O)c2ccc3c4c(ccc1c24)C(=O)OC3=O.O=C1OC(=O)c2ccc3c4c(ccc1c24)C(=O)OC3=O.O=c1c2ccc3c4c(ccc(c24)c2nc4c(F)c(F)c(F)c(F)c4n12)c(=O)n1c3nc2c(F)c(F)c(F)c(F)c21.O=c1c2ccc3c4c(ccc(c24)c2nc4ccccc4n12)c(=O)n1c2ccccc2nc31. The van der Waals surface area contributed by atoms with E-state index in [0.29, 0.717) is 42.2 Å². The third-order valence-corrected chi connectivity index (χ3v) is 23.0. The van der Waals surface area contributed by atoms with Crippen LogP contribution in [0.5, 0.6) is 0 Å². The van der Waals surface area contributed by atoms with E-state index in [-0.39, 0.29) is 109 Å². The maximum absolute atomic E-state index is 14.8. The molecule has 0 saturated heterocycles. The highest BCUT2D eigenvalue weighted by molar-refractivity contribution is 6.33. The van der Waals surface area contributed by atoms with Crippen molar-refractivity contribution in [3.8, 4) is 0 Å². The molecule has 12 heterocycles. The summed E-state index contributed by atoms with van der Waals surface area (Å²) < 4.78 is 187. The van der Waals surface area contributed by atoms with E-state index in [4.69, 9.17) is 32.9 Å². The fourth-order valence-corrected chi connectivity index (χ4v) is 17.2. The minimum absolute atomic E-state index is 0.0227. The van der Waals surface area contributed by atoms with Gasteiger partial charge >= 0.3 is 47.8 Å². The van der Waals surface area contributed by atoms with Crippen LogP contribution in [0.2, 0.25) is 0 Å². The van der Waals surface area contributed by atoms with Crippen LogP contribution >= 0.6 is 0 Å². The maximum Gasteiger partial charge on any atom is 0.346 e. The number of rotatable bonds is 0. The molecule has 8 aromatic heterocycles. The van der Waals surface area contributed by atoms with Crippen LogP contribution in [0.25, 0.3) is 153 Å². The highest BCUT2D eigenvalue weighted by atomic mass is 19.2. The van der Waals surface area contributed by atoms with E-state index in [9.17, 15) is 110 Å². The molecule has 0 spiro atoms. The molecule has 40 heteroatoms. The second-order valence-corrected chi connectivity index (χ2v) is 29.9. The summed E-state index contributed by atoms with van der Waals surface area (Å²) in [5.74, 6) is -29.5. The molecule has 0 radical (unpaired) electrons. The Morgan fingerprint density at radius 1 is 0.220 bits per heavy atom. The first kappa shape index (κ1) is 80.7. The lowest BCUT2D eigenvalue weighted by Crippen LogP contribution is -2.25. The summed E-state index contributed by atoms with van der Waals surface area (Å²) in [6.07, 6.45) is 0. The Balaban J connectivity index is 0.000000102. The van der Waals surface area contributed by atoms with Crippen LogP contribution < -0.4 is 45.2 Å². The number of nitrogens with zero attached hydrogens (tertiary/aromatic N) is 8. The van der Waals surface area contributed by atoms with Crippen LogP contribution in [0.3, 0.4) is 0 Å². The lowest BCUT2D eigenvalue weighted by atomic mass is 9.89. The average molecular weight is 1790 g/mol. The number of pyridine rings is 4. The van der Waals surface area contributed by atoms with E-state index in [1.165, 1.54) is 72.8 Å². The fraction of sp³-hybridized carbons (Fsp3) is 0. The van der Waals surface area contributed by atoms with Crippen LogP contribution in [0, 0.1) is 69.8 Å². The van der Waals surface area contributed by atoms with E-state index in [1.54, 1.807) is 20.9 Å². The molecule has 0 fully saturated rings. The van der Waals surface area contributed by atoms with Gasteiger partial charge in [-0.3, -0.25) is 36.8 Å². The van der Waals surface area contributed by atoms with Crippen molar-refractivity contribution in [1.82, 2.24) is 37.5 Å². The van der Waals surface area contributed by atoms with Crippen molar-refractivity contribution < 1.29 is 110 Å². The molecule has 28 nitrogen and oxygen atoms in total. The number of aromatic nitrogens is 8. The van der Waals surface area contributed by atoms with Gasteiger partial charge in [0.1, 0.15) is 44.7 Å². The van der Waals surface area contributed by atoms with Gasteiger partial charge in [-0.05, 0) is 133 Å². The fourth-order valence-electron chi connectivity index (χ4n) is 17.2. The number of hydrogen-bond acceptors (Lipinski definition) is 24. The third-order valence-electron chi connectivity index (χ3n) is 23.0. The Kier molecular flexibility index (Phi) is 17.5. The Hall–Kier alpha value is -18.4. The van der Waals surface area contributed by atoms with Crippen molar-refractivity contribution in [3.63, 3.8) is 0 Å². The lowest BCUT2D eigenvalue weighted by molar-refractivity contribution is 0.0366. The molecule has 26 rings (SSSR count). The first-order valence-corrected chi connectivity index (χ1v) is 38.2. The van der Waals surface area contributed by atoms with Gasteiger partial charge in [0, 0.05) is 86.2 Å². The molecular formula is C92H36F12N12O16. The molecule has 14 aromatic carbocycles. The molecule has 0 bridgehead atoms. The number of hydrogen-bond donors (Lipinski definition) is 4. The first-order chi connectivity index (χ1) is 63.2. The van der Waals surface area contributed by atoms with Gasteiger partial charge < -0.3 is 41.9 Å². The number of imidazole rings is 4. The number of ether oxygens (including phenoxy) is 4. The van der Waals surface area contributed by atoms with Crippen molar-refractivity contribution in [2.24, 2.45) is 0 Å². The van der Waals surface area contributed by atoms with E-state index in [2.05, 4.69) is 28.9 Å². The number of carbonyl (C=O) groups excluding carboxylic acids is 8. The second-order valence-electron chi connectivity index (χ2n) is 29.9. The Labute approximate surface area is 716 Å². The summed E-state index contributed by atoms with van der Waals surface area (Å²) in [5.41, 5.74) is 18.5. The quantitative estimate of drug-likeness (QED) is 0.0160. The van der Waals surface area contributed by atoms with Crippen molar-refractivity contribution in [2.75, 3.05) is 22.9 Å². The molecule has 0 atom stereocenters. The average Bonchev–Trinajstić information content (AvgIpc) is 1.46. The van der Waals surface area contributed by atoms with Gasteiger partial charge in [-0.25, -0.2) is 111 Å². The number of halogens is 12. The van der Waals surface area contributed by atoms with Crippen molar-refractivity contribution in [3.05, 3.63) is 326 Å². The summed E-state index contributed by atoms with van der Waals surface area (Å²) in [7, 11) is 0. The van der Waals surface area contributed by atoms with Gasteiger partial charge in [0.25, 0.3) is 22.2 Å². The number of cyclic esters (lactones) is 8. The van der Waals surface area contributed by atoms with Gasteiger partial charge in [0.05, 0.1) is 89.3 Å². The monoisotopic (exact) mass is 1790 g/mol. The maximum atomic E-state index is 14.8. The summed E-state index contributed by atoms with van der Waals surface area (Å²) in [6.45, 7) is 0. The van der Waals surface area contributed by atoms with Crippen LogP contribution in [-0.2, 0) is 18.9 Å². The summed E-state index contributed by atoms with van der Waals surface area (Å²) >= 11 is 0. The highest BCUT2D eigenvalue weighted by Gasteiger charge is 2.39. The number of para-hydroxylation sites is 6. The molecular weight excluding hydrogens is 1760 g/mol. The summed E-state index contributed by atoms with van der Waals surface area (Å²) in [5, 5.41) is 5.23. The number of anilines is 4. The molecule has 4 aliphatic rings. The largest absolute Gasteiger partial charge is 0.397 e. The van der Waals surface area contributed by atoms with E-state index < -0.39 is 173 Å². The Morgan fingerprint density at radius 3 is 0.705 bits per heavy atom. The van der Waals surface area contributed by atoms with Gasteiger partial charge in [0.15, 0.2) is 69.8 Å². The summed E-state index contributed by atoms with van der Waals surface area (Å²) in [6, 6.07) is 46.0. The number of carbonyl (C=O) groups is 8. The summed E-state index contributed by atoms with van der Waals surface area (Å²) in [4.78, 5) is 165. The molecule has 4 aliphatic heterocycles. The van der Waals surface area contributed by atoms with Crippen molar-refractivity contribution in [2.45, 2.75) is 0 Å². The van der Waals surface area contributed by atoms with Crippen LogP contribution in [-0.4, -0.2) is 85.3 Å². The Morgan fingerprint density at radius 2 is 0.439 bits per heavy atom. The van der Waals surface area contributed by atoms with Gasteiger partial charge in [-0.1, -0.05) is 36.4 Å². The van der Waals surface area contributed by atoms with Gasteiger partial charge in [-0.2, -0.15) is 0 Å². The van der Waals surface area contributed by atoms with Gasteiger partial charge in [-0.15, -0.1) is 0 Å². The molecule has 0 amide bonds. The first-order valence-electron chi connectivity index (χ1n) is 38.2. The van der Waals surface area contributed by atoms with Crippen molar-refractivity contribution >= 4 is 223 Å². The molecule has 22 aromatic rings. The van der Waals surface area contributed by atoms with E-state index in [0.717, 1.165) is 43.6 Å².